The fraction of sp³-hybridized carbons (Fsp3) is 0.873. The third-order valence-electron chi connectivity index (χ3n) is 15.6. The molecule has 452 valence electrons. The van der Waals surface area contributed by atoms with Crippen LogP contribution in [0.15, 0.2) is 36.5 Å². The van der Waals surface area contributed by atoms with Gasteiger partial charge in [-0.15, -0.1) is 0 Å². The molecule has 0 saturated heterocycles. The first kappa shape index (κ1) is 74.6. The van der Waals surface area contributed by atoms with Crippen LogP contribution in [0, 0.1) is 0 Å². The van der Waals surface area contributed by atoms with Crippen LogP contribution < -0.4 is 0 Å². The highest BCUT2D eigenvalue weighted by atomic mass is 16.6. The Morgan fingerprint density at radius 1 is 0.260 bits per heavy atom. The molecule has 0 rings (SSSR count). The van der Waals surface area contributed by atoms with Crippen molar-refractivity contribution in [2.75, 3.05) is 13.2 Å². The average molecular weight is 1080 g/mol. The second kappa shape index (κ2) is 66.1. The first-order valence-electron chi connectivity index (χ1n) is 34.5. The number of carbonyl (C=O) groups is 3. The van der Waals surface area contributed by atoms with Crippen molar-refractivity contribution in [3.63, 3.8) is 0 Å². The summed E-state index contributed by atoms with van der Waals surface area (Å²) in [6, 6.07) is 0. The summed E-state index contributed by atoms with van der Waals surface area (Å²) < 4.78 is 17.0. The molecule has 0 fully saturated rings. The van der Waals surface area contributed by atoms with E-state index in [4.69, 9.17) is 14.2 Å². The Hall–Kier alpha value is -2.37. The molecule has 0 aromatic carbocycles. The molecular formula is C71H132O6. The predicted molar refractivity (Wildman–Crippen MR) is 335 cm³/mol. The van der Waals surface area contributed by atoms with Gasteiger partial charge in [0.05, 0.1) is 0 Å². The molecule has 0 bridgehead atoms. The normalized spacial score (nSPS) is 12.2. The molecule has 0 N–H and O–H groups in total. The van der Waals surface area contributed by atoms with E-state index >= 15 is 0 Å². The van der Waals surface area contributed by atoms with E-state index in [1.165, 1.54) is 276 Å². The zero-order chi connectivity index (χ0) is 55.7. The molecule has 6 heteroatoms. The van der Waals surface area contributed by atoms with Crippen LogP contribution in [0.4, 0.5) is 0 Å². The lowest BCUT2D eigenvalue weighted by atomic mass is 10.0. The lowest BCUT2D eigenvalue weighted by Gasteiger charge is -2.18. The molecule has 0 aromatic rings. The molecule has 6 nitrogen and oxygen atoms in total. The van der Waals surface area contributed by atoms with Gasteiger partial charge in [-0.2, -0.15) is 0 Å². The number of rotatable bonds is 64. The van der Waals surface area contributed by atoms with Crippen LogP contribution in [-0.4, -0.2) is 37.2 Å². The maximum Gasteiger partial charge on any atom is 0.306 e. The molecule has 0 amide bonds. The van der Waals surface area contributed by atoms with Crippen molar-refractivity contribution in [3.8, 4) is 0 Å². The lowest BCUT2D eigenvalue weighted by molar-refractivity contribution is -0.167. The fourth-order valence-electron chi connectivity index (χ4n) is 10.4. The molecule has 1 unspecified atom stereocenters. The number of allylic oxidation sites excluding steroid dienone is 6. The van der Waals surface area contributed by atoms with Gasteiger partial charge in [0.25, 0.3) is 0 Å². The van der Waals surface area contributed by atoms with Crippen LogP contribution in [-0.2, 0) is 28.6 Å². The minimum absolute atomic E-state index is 0.0693. The van der Waals surface area contributed by atoms with Crippen molar-refractivity contribution in [2.24, 2.45) is 0 Å². The van der Waals surface area contributed by atoms with Crippen LogP contribution in [0.2, 0.25) is 0 Å². The Morgan fingerprint density at radius 3 is 0.727 bits per heavy atom. The van der Waals surface area contributed by atoms with E-state index in [-0.39, 0.29) is 31.1 Å². The van der Waals surface area contributed by atoms with Crippen molar-refractivity contribution in [3.05, 3.63) is 36.5 Å². The van der Waals surface area contributed by atoms with E-state index in [9.17, 15) is 14.4 Å². The Labute approximate surface area is 480 Å². The van der Waals surface area contributed by atoms with Gasteiger partial charge in [0, 0.05) is 19.3 Å². The summed E-state index contributed by atoms with van der Waals surface area (Å²) in [7, 11) is 0. The quantitative estimate of drug-likeness (QED) is 0.0261. The highest BCUT2D eigenvalue weighted by molar-refractivity contribution is 5.71. The van der Waals surface area contributed by atoms with Gasteiger partial charge in [-0.3, -0.25) is 14.4 Å². The number of ether oxygens (including phenoxy) is 3. The van der Waals surface area contributed by atoms with Gasteiger partial charge in [0.15, 0.2) is 6.10 Å². The Bertz CT molecular complexity index is 1290. The molecule has 0 aromatic heterocycles. The maximum absolute atomic E-state index is 12.9. The summed E-state index contributed by atoms with van der Waals surface area (Å²) in [6.45, 7) is 6.70. The van der Waals surface area contributed by atoms with Gasteiger partial charge in [-0.25, -0.2) is 0 Å². The zero-order valence-electron chi connectivity index (χ0n) is 52.0. The summed E-state index contributed by atoms with van der Waals surface area (Å²) in [4.78, 5) is 38.4. The number of unbranched alkanes of at least 4 members (excludes halogenated alkanes) is 47. The standard InChI is InChI=1S/C71H132O6/c1-4-7-10-13-16-19-22-25-28-31-34-35-38-40-43-46-49-52-55-58-61-64-70(73)76-67-68(77-71(74)65-62-59-56-53-50-47-44-41-37-33-30-27-24-21-18-15-12-9-6-3)66-75-69(72)63-60-57-54-51-48-45-42-39-36-32-29-26-23-20-17-14-11-8-5-2/h22,25,27,30-31,34,68H,4-21,23-24,26,28-29,32-33,35-67H2,1-3H3/b25-22-,30-27-,34-31-. The van der Waals surface area contributed by atoms with Gasteiger partial charge in [-0.05, 0) is 77.0 Å². The Kier molecular flexibility index (Phi) is 64.1. The Morgan fingerprint density at radius 2 is 0.468 bits per heavy atom. The minimum Gasteiger partial charge on any atom is -0.462 e. The second-order valence-electron chi connectivity index (χ2n) is 23.4. The molecular weight excluding hydrogens is 949 g/mol. The summed E-state index contributed by atoms with van der Waals surface area (Å²) in [5.74, 6) is -0.847. The van der Waals surface area contributed by atoms with Crippen LogP contribution >= 0.6 is 0 Å². The van der Waals surface area contributed by atoms with Crippen LogP contribution in [0.5, 0.6) is 0 Å². The summed E-state index contributed by atoms with van der Waals surface area (Å²) in [5, 5.41) is 0. The van der Waals surface area contributed by atoms with Gasteiger partial charge in [-0.1, -0.05) is 320 Å². The van der Waals surface area contributed by atoms with Gasteiger partial charge >= 0.3 is 17.9 Å². The third-order valence-corrected chi connectivity index (χ3v) is 15.6. The smallest absolute Gasteiger partial charge is 0.306 e. The van der Waals surface area contributed by atoms with E-state index in [1.807, 2.05) is 0 Å². The molecule has 0 aliphatic rings. The Balaban J connectivity index is 4.33. The van der Waals surface area contributed by atoms with Crippen LogP contribution in [0.25, 0.3) is 0 Å². The van der Waals surface area contributed by atoms with Crippen LogP contribution in [0.1, 0.15) is 380 Å². The van der Waals surface area contributed by atoms with E-state index < -0.39 is 6.10 Å². The summed E-state index contributed by atoms with van der Waals surface area (Å²) in [5.41, 5.74) is 0. The lowest BCUT2D eigenvalue weighted by Crippen LogP contribution is -2.30. The topological polar surface area (TPSA) is 78.9 Å². The molecule has 0 radical (unpaired) electrons. The second-order valence-corrected chi connectivity index (χ2v) is 23.4. The molecule has 77 heavy (non-hydrogen) atoms. The molecule has 0 spiro atoms. The van der Waals surface area contributed by atoms with Crippen molar-refractivity contribution in [1.29, 1.82) is 0 Å². The SMILES string of the molecule is CCCCCCC/C=C\C/C=C\CCCCCCCCCCCC(=O)OCC(COC(=O)CCCCCCCCCCCCCCCCCCCCC)OC(=O)CCCCCCCCCCC/C=C\CCCCCCCC. The summed E-state index contributed by atoms with van der Waals surface area (Å²) in [6.07, 6.45) is 81.5. The minimum atomic E-state index is -0.774. The largest absolute Gasteiger partial charge is 0.462 e. The van der Waals surface area contributed by atoms with Crippen molar-refractivity contribution >= 4 is 17.9 Å². The number of hydrogen-bond donors (Lipinski definition) is 0. The first-order chi connectivity index (χ1) is 38.0. The van der Waals surface area contributed by atoms with Gasteiger partial charge < -0.3 is 14.2 Å². The van der Waals surface area contributed by atoms with Crippen molar-refractivity contribution in [1.82, 2.24) is 0 Å². The highest BCUT2D eigenvalue weighted by Gasteiger charge is 2.19. The first-order valence-corrected chi connectivity index (χ1v) is 34.5. The van der Waals surface area contributed by atoms with E-state index in [0.29, 0.717) is 19.3 Å². The molecule has 0 aliphatic heterocycles. The number of esters is 3. The average Bonchev–Trinajstić information content (AvgIpc) is 3.43. The van der Waals surface area contributed by atoms with Gasteiger partial charge in [0.1, 0.15) is 13.2 Å². The van der Waals surface area contributed by atoms with Crippen molar-refractivity contribution in [2.45, 2.75) is 386 Å². The molecule has 1 atom stereocenters. The van der Waals surface area contributed by atoms with E-state index in [1.54, 1.807) is 0 Å². The number of carbonyl (C=O) groups excluding carboxylic acids is 3. The maximum atomic E-state index is 12.9. The summed E-state index contributed by atoms with van der Waals surface area (Å²) >= 11 is 0. The molecule has 0 saturated carbocycles. The van der Waals surface area contributed by atoms with Crippen molar-refractivity contribution < 1.29 is 28.6 Å². The van der Waals surface area contributed by atoms with E-state index in [0.717, 1.165) is 64.2 Å². The molecule has 0 heterocycles. The van der Waals surface area contributed by atoms with Gasteiger partial charge in [0.2, 0.25) is 0 Å². The fourth-order valence-corrected chi connectivity index (χ4v) is 10.4. The third kappa shape index (κ3) is 64.3. The number of hydrogen-bond acceptors (Lipinski definition) is 6. The van der Waals surface area contributed by atoms with E-state index in [2.05, 4.69) is 57.2 Å². The predicted octanol–water partition coefficient (Wildman–Crippen LogP) is 23.6. The highest BCUT2D eigenvalue weighted by Crippen LogP contribution is 2.18. The zero-order valence-corrected chi connectivity index (χ0v) is 52.0. The molecule has 0 aliphatic carbocycles. The van der Waals surface area contributed by atoms with Crippen LogP contribution in [0.3, 0.4) is 0 Å². The monoisotopic (exact) mass is 1080 g/mol.